The lowest BCUT2D eigenvalue weighted by Crippen LogP contribution is -2.05. The van der Waals surface area contributed by atoms with E-state index >= 15 is 0 Å². The lowest BCUT2D eigenvalue weighted by atomic mass is 10.0. The fourth-order valence-corrected chi connectivity index (χ4v) is 1.64. The van der Waals surface area contributed by atoms with Gasteiger partial charge in [-0.2, -0.15) is 0 Å². The van der Waals surface area contributed by atoms with E-state index in [4.69, 9.17) is 0 Å². The highest BCUT2D eigenvalue weighted by atomic mass is 19.1. The zero-order valence-corrected chi connectivity index (χ0v) is 9.64. The van der Waals surface area contributed by atoms with Crippen LogP contribution in [0.15, 0.2) is 24.4 Å². The third-order valence-corrected chi connectivity index (χ3v) is 2.36. The van der Waals surface area contributed by atoms with Gasteiger partial charge in [-0.15, -0.1) is 5.10 Å². The summed E-state index contributed by atoms with van der Waals surface area (Å²) >= 11 is 0. The molecular weight excluding hydrogens is 221 g/mol. The van der Waals surface area contributed by atoms with Gasteiger partial charge >= 0.3 is 0 Å². The first-order valence-electron chi connectivity index (χ1n) is 5.20. The van der Waals surface area contributed by atoms with Crippen molar-refractivity contribution in [3.8, 4) is 0 Å². The van der Waals surface area contributed by atoms with Crippen molar-refractivity contribution in [2.45, 2.75) is 13.3 Å². The molecule has 0 fully saturated rings. The minimum atomic E-state index is -0.396. The van der Waals surface area contributed by atoms with Gasteiger partial charge in [0.1, 0.15) is 5.82 Å². The second-order valence-corrected chi connectivity index (χ2v) is 4.00. The van der Waals surface area contributed by atoms with Crippen LogP contribution in [0.25, 0.3) is 0 Å². The van der Waals surface area contributed by atoms with E-state index in [1.165, 1.54) is 16.8 Å². The third-order valence-electron chi connectivity index (χ3n) is 2.36. The highest BCUT2D eigenvalue weighted by Gasteiger charge is 2.11. The van der Waals surface area contributed by atoms with Crippen LogP contribution in [0.4, 0.5) is 4.39 Å². The van der Waals surface area contributed by atoms with E-state index in [1.54, 1.807) is 26.2 Å². The maximum Gasteiger partial charge on any atom is 0.169 e. The zero-order chi connectivity index (χ0) is 12.4. The van der Waals surface area contributed by atoms with Crippen molar-refractivity contribution in [1.29, 1.82) is 0 Å². The van der Waals surface area contributed by atoms with E-state index in [0.717, 1.165) is 5.56 Å². The molecule has 1 aromatic heterocycles. The van der Waals surface area contributed by atoms with Crippen molar-refractivity contribution < 1.29 is 9.18 Å². The molecule has 4 nitrogen and oxygen atoms in total. The first kappa shape index (κ1) is 11.4. The molecule has 0 radical (unpaired) electrons. The van der Waals surface area contributed by atoms with Crippen LogP contribution in [0.2, 0.25) is 0 Å². The summed E-state index contributed by atoms with van der Waals surface area (Å²) in [5.41, 5.74) is 1.68. The lowest BCUT2D eigenvalue weighted by Gasteiger charge is -2.01. The Labute approximate surface area is 98.1 Å². The van der Waals surface area contributed by atoms with Crippen molar-refractivity contribution in [3.63, 3.8) is 0 Å². The average Bonchev–Trinajstić information content (AvgIpc) is 2.62. The number of aryl methyl sites for hydroxylation is 2. The Morgan fingerprint density at radius 2 is 2.18 bits per heavy atom. The molecular formula is C12H12FN3O. The molecule has 2 aromatic rings. The van der Waals surface area contributed by atoms with Crippen molar-refractivity contribution in [2.75, 3.05) is 0 Å². The van der Waals surface area contributed by atoms with Crippen molar-refractivity contribution >= 4 is 5.78 Å². The van der Waals surface area contributed by atoms with Gasteiger partial charge in [-0.3, -0.25) is 9.48 Å². The normalized spacial score (nSPS) is 10.5. The highest BCUT2D eigenvalue weighted by Crippen LogP contribution is 2.11. The molecule has 0 aliphatic rings. The summed E-state index contributed by atoms with van der Waals surface area (Å²) in [6, 6.07) is 4.30. The molecule has 1 heterocycles. The van der Waals surface area contributed by atoms with Gasteiger partial charge in [-0.25, -0.2) is 4.39 Å². The fraction of sp³-hybridized carbons (Fsp3) is 0.250. The van der Waals surface area contributed by atoms with E-state index in [9.17, 15) is 9.18 Å². The van der Waals surface area contributed by atoms with E-state index in [1.807, 2.05) is 0 Å². The van der Waals surface area contributed by atoms with Crippen LogP contribution in [-0.2, 0) is 13.5 Å². The summed E-state index contributed by atoms with van der Waals surface area (Å²) in [6.07, 6.45) is 1.81. The molecule has 88 valence electrons. The summed E-state index contributed by atoms with van der Waals surface area (Å²) in [7, 11) is 1.73. The molecule has 0 unspecified atom stereocenters. The molecule has 0 bridgehead atoms. The average molecular weight is 233 g/mol. The molecule has 0 saturated heterocycles. The summed E-state index contributed by atoms with van der Waals surface area (Å²) < 4.78 is 14.7. The fourth-order valence-electron chi connectivity index (χ4n) is 1.64. The molecule has 2 rings (SSSR count). The first-order chi connectivity index (χ1) is 8.04. The predicted octanol–water partition coefficient (Wildman–Crippen LogP) is 1.69. The van der Waals surface area contributed by atoms with Gasteiger partial charge in [0.25, 0.3) is 0 Å². The second-order valence-electron chi connectivity index (χ2n) is 4.00. The third kappa shape index (κ3) is 2.75. The summed E-state index contributed by atoms with van der Waals surface area (Å²) in [5, 5.41) is 7.56. The topological polar surface area (TPSA) is 47.8 Å². The number of hydrogen-bond acceptors (Lipinski definition) is 3. The zero-order valence-electron chi connectivity index (χ0n) is 9.64. The van der Waals surface area contributed by atoms with Crippen LogP contribution >= 0.6 is 0 Å². The minimum Gasteiger partial charge on any atom is -0.294 e. The van der Waals surface area contributed by atoms with E-state index in [0.29, 0.717) is 11.3 Å². The standard InChI is InChI=1S/C12H12FN3O/c1-8-3-9(5-10(13)4-8)12(17)6-11-7-16(2)15-14-11/h3-5,7H,6H2,1-2H3. The number of aromatic nitrogens is 3. The highest BCUT2D eigenvalue weighted by molar-refractivity contribution is 5.97. The number of Topliss-reactive ketones (excluding diaryl/α,β-unsaturated/α-hetero) is 1. The summed E-state index contributed by atoms with van der Waals surface area (Å²) in [4.78, 5) is 11.9. The molecule has 0 N–H and O–H groups in total. The number of carbonyl (C=O) groups excluding carboxylic acids is 1. The van der Waals surface area contributed by atoms with Crippen LogP contribution in [-0.4, -0.2) is 20.8 Å². The van der Waals surface area contributed by atoms with Crippen molar-refractivity contribution in [2.24, 2.45) is 7.05 Å². The van der Waals surface area contributed by atoms with Gasteiger partial charge in [0, 0.05) is 18.8 Å². The molecule has 0 atom stereocenters. The van der Waals surface area contributed by atoms with Gasteiger partial charge in [0.2, 0.25) is 0 Å². The predicted molar refractivity (Wildman–Crippen MR) is 60.2 cm³/mol. The van der Waals surface area contributed by atoms with Crippen LogP contribution in [0.5, 0.6) is 0 Å². The van der Waals surface area contributed by atoms with Crippen LogP contribution in [0, 0.1) is 12.7 Å². The molecule has 17 heavy (non-hydrogen) atoms. The van der Waals surface area contributed by atoms with Gasteiger partial charge in [0.15, 0.2) is 5.78 Å². The number of hydrogen-bond donors (Lipinski definition) is 0. The number of benzene rings is 1. The van der Waals surface area contributed by atoms with E-state index in [-0.39, 0.29) is 12.2 Å². The molecule has 0 amide bonds. The maximum absolute atomic E-state index is 13.1. The summed E-state index contributed by atoms with van der Waals surface area (Å²) in [5.74, 6) is -0.555. The Morgan fingerprint density at radius 3 is 2.76 bits per heavy atom. The molecule has 0 saturated carbocycles. The first-order valence-corrected chi connectivity index (χ1v) is 5.20. The number of halogens is 1. The lowest BCUT2D eigenvalue weighted by molar-refractivity contribution is 0.0991. The van der Waals surface area contributed by atoms with Crippen LogP contribution in [0.3, 0.4) is 0 Å². The van der Waals surface area contributed by atoms with Crippen LogP contribution in [0.1, 0.15) is 21.6 Å². The number of rotatable bonds is 3. The molecule has 1 aromatic carbocycles. The Balaban J connectivity index is 2.19. The monoisotopic (exact) mass is 233 g/mol. The van der Waals surface area contributed by atoms with Gasteiger partial charge < -0.3 is 0 Å². The van der Waals surface area contributed by atoms with Gasteiger partial charge in [-0.1, -0.05) is 5.21 Å². The molecule has 0 aliphatic carbocycles. The maximum atomic E-state index is 13.1. The van der Waals surface area contributed by atoms with Crippen molar-refractivity contribution in [1.82, 2.24) is 15.0 Å². The second kappa shape index (κ2) is 4.45. The van der Waals surface area contributed by atoms with E-state index < -0.39 is 5.82 Å². The number of ketones is 1. The van der Waals surface area contributed by atoms with Crippen LogP contribution < -0.4 is 0 Å². The quantitative estimate of drug-likeness (QED) is 0.758. The smallest absolute Gasteiger partial charge is 0.169 e. The minimum absolute atomic E-state index is 0.136. The Morgan fingerprint density at radius 1 is 1.41 bits per heavy atom. The number of carbonyl (C=O) groups is 1. The molecule has 0 aliphatic heterocycles. The summed E-state index contributed by atoms with van der Waals surface area (Å²) in [6.45, 7) is 1.75. The Kier molecular flexibility index (Phi) is 2.99. The van der Waals surface area contributed by atoms with Gasteiger partial charge in [-0.05, 0) is 30.7 Å². The largest absolute Gasteiger partial charge is 0.294 e. The van der Waals surface area contributed by atoms with Gasteiger partial charge in [0.05, 0.1) is 12.1 Å². The number of nitrogens with zero attached hydrogens (tertiary/aromatic N) is 3. The van der Waals surface area contributed by atoms with E-state index in [2.05, 4.69) is 10.3 Å². The van der Waals surface area contributed by atoms with Crippen molar-refractivity contribution in [3.05, 3.63) is 47.0 Å². The molecule has 0 spiro atoms. The Bertz CT molecular complexity index is 542. The molecule has 5 heteroatoms. The Hall–Kier alpha value is -2.04. The SMILES string of the molecule is Cc1cc(F)cc(C(=O)Cc2cn(C)nn2)c1.